The first-order valence-corrected chi connectivity index (χ1v) is 9.88. The van der Waals surface area contributed by atoms with E-state index in [2.05, 4.69) is 10.0 Å². The maximum atomic E-state index is 12.6. The highest BCUT2D eigenvalue weighted by Gasteiger charge is 2.17. The number of benzene rings is 2. The molecule has 2 aromatic carbocycles. The summed E-state index contributed by atoms with van der Waals surface area (Å²) >= 11 is 0. The smallest absolute Gasteiger partial charge is 0.303 e. The van der Waals surface area contributed by atoms with E-state index in [0.717, 1.165) is 5.56 Å². The lowest BCUT2D eigenvalue weighted by Gasteiger charge is -2.14. The number of carboxylic acid groups (broad SMARTS) is 1. The number of sulfonamides is 1. The van der Waals surface area contributed by atoms with Gasteiger partial charge in [0, 0.05) is 23.7 Å². The largest absolute Gasteiger partial charge is 0.481 e. The Morgan fingerprint density at radius 1 is 1.11 bits per heavy atom. The zero-order valence-corrected chi connectivity index (χ0v) is 15.9. The molecular formula is C19H22N2O5S. The summed E-state index contributed by atoms with van der Waals surface area (Å²) in [5.41, 5.74) is 1.62. The highest BCUT2D eigenvalue weighted by atomic mass is 32.2. The third kappa shape index (κ3) is 6.10. The molecule has 0 spiro atoms. The lowest BCUT2D eigenvalue weighted by molar-refractivity contribution is -0.137. The Labute approximate surface area is 158 Å². The van der Waals surface area contributed by atoms with Gasteiger partial charge in [-0.15, -0.1) is 0 Å². The van der Waals surface area contributed by atoms with E-state index in [-0.39, 0.29) is 29.3 Å². The van der Waals surface area contributed by atoms with E-state index in [1.54, 1.807) is 31.2 Å². The first-order valence-electron chi connectivity index (χ1n) is 8.39. The molecule has 0 aliphatic heterocycles. The van der Waals surface area contributed by atoms with Gasteiger partial charge in [0.1, 0.15) is 0 Å². The molecule has 0 saturated heterocycles. The summed E-state index contributed by atoms with van der Waals surface area (Å²) in [4.78, 5) is 22.9. The van der Waals surface area contributed by atoms with Crippen molar-refractivity contribution in [1.82, 2.24) is 5.32 Å². The maximum absolute atomic E-state index is 12.6. The fourth-order valence-electron chi connectivity index (χ4n) is 2.36. The maximum Gasteiger partial charge on any atom is 0.303 e. The van der Waals surface area contributed by atoms with Crippen molar-refractivity contribution < 1.29 is 23.1 Å². The minimum absolute atomic E-state index is 0.0334. The standard InChI is InChI=1S/C19H22N2O5S/c1-13-6-9-16(10-7-13)21-27(25,26)17-5-3-4-15(12-17)19(24)20-14(2)8-11-18(22)23/h3-7,9-10,12,14,21H,8,11H2,1-2H3,(H,20,24)(H,22,23). The molecule has 27 heavy (non-hydrogen) atoms. The fourth-order valence-corrected chi connectivity index (χ4v) is 3.46. The predicted molar refractivity (Wildman–Crippen MR) is 102 cm³/mol. The van der Waals surface area contributed by atoms with Crippen LogP contribution in [0.3, 0.4) is 0 Å². The molecule has 1 amide bonds. The molecular weight excluding hydrogens is 368 g/mol. The Morgan fingerprint density at radius 3 is 2.41 bits per heavy atom. The van der Waals surface area contributed by atoms with Crippen LogP contribution in [0.5, 0.6) is 0 Å². The lowest BCUT2D eigenvalue weighted by Crippen LogP contribution is -2.33. The molecule has 144 valence electrons. The molecule has 0 fully saturated rings. The summed E-state index contributed by atoms with van der Waals surface area (Å²) in [5.74, 6) is -1.40. The van der Waals surface area contributed by atoms with Crippen LogP contribution in [0, 0.1) is 6.92 Å². The number of carbonyl (C=O) groups is 2. The van der Waals surface area contributed by atoms with Crippen molar-refractivity contribution in [2.75, 3.05) is 4.72 Å². The number of rotatable bonds is 8. The van der Waals surface area contributed by atoms with Gasteiger partial charge < -0.3 is 10.4 Å². The predicted octanol–water partition coefficient (Wildman–Crippen LogP) is 2.78. The number of amides is 1. The van der Waals surface area contributed by atoms with Crippen molar-refractivity contribution >= 4 is 27.6 Å². The third-order valence-corrected chi connectivity index (χ3v) is 5.26. The molecule has 7 nitrogen and oxygen atoms in total. The zero-order valence-electron chi connectivity index (χ0n) is 15.1. The molecule has 0 saturated carbocycles. The van der Waals surface area contributed by atoms with Crippen LogP contribution in [0.25, 0.3) is 0 Å². The van der Waals surface area contributed by atoms with Crippen LogP contribution in [-0.4, -0.2) is 31.4 Å². The number of carboxylic acids is 1. The Morgan fingerprint density at radius 2 is 1.78 bits per heavy atom. The molecule has 0 heterocycles. The lowest BCUT2D eigenvalue weighted by atomic mass is 10.1. The number of anilines is 1. The van der Waals surface area contributed by atoms with Gasteiger partial charge >= 0.3 is 5.97 Å². The number of hydrogen-bond acceptors (Lipinski definition) is 4. The van der Waals surface area contributed by atoms with Gasteiger partial charge in [0.05, 0.1) is 4.90 Å². The molecule has 1 unspecified atom stereocenters. The van der Waals surface area contributed by atoms with E-state index in [1.165, 1.54) is 24.3 Å². The number of carbonyl (C=O) groups excluding carboxylic acids is 1. The fraction of sp³-hybridized carbons (Fsp3) is 0.263. The molecule has 2 aromatic rings. The normalized spacial score (nSPS) is 12.2. The van der Waals surface area contributed by atoms with Gasteiger partial charge in [0.25, 0.3) is 15.9 Å². The van der Waals surface area contributed by atoms with Crippen molar-refractivity contribution in [2.24, 2.45) is 0 Å². The second-order valence-corrected chi connectivity index (χ2v) is 7.99. The van der Waals surface area contributed by atoms with Gasteiger partial charge in [-0.2, -0.15) is 0 Å². The zero-order chi connectivity index (χ0) is 20.0. The van der Waals surface area contributed by atoms with Crippen LogP contribution in [0.1, 0.15) is 35.7 Å². The summed E-state index contributed by atoms with van der Waals surface area (Å²) in [6, 6.07) is 12.2. The Kier molecular flexibility index (Phi) is 6.57. The van der Waals surface area contributed by atoms with E-state index in [4.69, 9.17) is 5.11 Å². The van der Waals surface area contributed by atoms with Crippen molar-refractivity contribution in [3.8, 4) is 0 Å². The number of aryl methyl sites for hydroxylation is 1. The molecule has 0 aromatic heterocycles. The molecule has 0 bridgehead atoms. The Bertz CT molecular complexity index is 923. The number of hydrogen-bond donors (Lipinski definition) is 3. The van der Waals surface area contributed by atoms with Crippen molar-refractivity contribution in [3.63, 3.8) is 0 Å². The number of nitrogens with one attached hydrogen (secondary N) is 2. The van der Waals surface area contributed by atoms with Gasteiger partial charge in [0.2, 0.25) is 0 Å². The first kappa shape index (κ1) is 20.4. The highest BCUT2D eigenvalue weighted by molar-refractivity contribution is 7.92. The first-order chi connectivity index (χ1) is 12.7. The molecule has 3 N–H and O–H groups in total. The molecule has 8 heteroatoms. The van der Waals surface area contributed by atoms with Gasteiger partial charge in [-0.25, -0.2) is 8.42 Å². The second kappa shape index (κ2) is 8.68. The summed E-state index contributed by atoms with van der Waals surface area (Å²) < 4.78 is 27.6. The summed E-state index contributed by atoms with van der Waals surface area (Å²) in [6.07, 6.45) is 0.227. The molecule has 0 aliphatic carbocycles. The SMILES string of the molecule is Cc1ccc(NS(=O)(=O)c2cccc(C(=O)NC(C)CCC(=O)O)c2)cc1. The van der Waals surface area contributed by atoms with Crippen molar-refractivity contribution in [3.05, 3.63) is 59.7 Å². The Balaban J connectivity index is 2.12. The molecule has 1 atom stereocenters. The van der Waals surface area contributed by atoms with Crippen LogP contribution >= 0.6 is 0 Å². The van der Waals surface area contributed by atoms with Gasteiger partial charge in [0.15, 0.2) is 0 Å². The second-order valence-electron chi connectivity index (χ2n) is 6.31. The van der Waals surface area contributed by atoms with Crippen LogP contribution in [-0.2, 0) is 14.8 Å². The van der Waals surface area contributed by atoms with Crippen LogP contribution in [0.15, 0.2) is 53.4 Å². The highest BCUT2D eigenvalue weighted by Crippen LogP contribution is 2.18. The van der Waals surface area contributed by atoms with E-state index in [9.17, 15) is 18.0 Å². The third-order valence-electron chi connectivity index (χ3n) is 3.88. The van der Waals surface area contributed by atoms with Crippen molar-refractivity contribution in [2.45, 2.75) is 37.6 Å². The summed E-state index contributed by atoms with van der Waals surface area (Å²) in [5, 5.41) is 11.4. The van der Waals surface area contributed by atoms with Crippen LogP contribution in [0.4, 0.5) is 5.69 Å². The minimum Gasteiger partial charge on any atom is -0.481 e. The average molecular weight is 390 g/mol. The summed E-state index contributed by atoms with van der Waals surface area (Å²) in [6.45, 7) is 3.60. The minimum atomic E-state index is -3.84. The molecule has 2 rings (SSSR count). The topological polar surface area (TPSA) is 113 Å². The van der Waals surface area contributed by atoms with E-state index >= 15 is 0 Å². The van der Waals surface area contributed by atoms with Crippen molar-refractivity contribution in [1.29, 1.82) is 0 Å². The van der Waals surface area contributed by atoms with E-state index in [0.29, 0.717) is 5.69 Å². The van der Waals surface area contributed by atoms with E-state index < -0.39 is 21.9 Å². The average Bonchev–Trinajstić information content (AvgIpc) is 2.62. The Hall–Kier alpha value is -2.87. The van der Waals surface area contributed by atoms with Crippen LogP contribution < -0.4 is 10.0 Å². The number of aliphatic carboxylic acids is 1. The quantitative estimate of drug-likeness (QED) is 0.641. The van der Waals surface area contributed by atoms with Gasteiger partial charge in [-0.3, -0.25) is 14.3 Å². The van der Waals surface area contributed by atoms with Gasteiger partial charge in [-0.1, -0.05) is 23.8 Å². The van der Waals surface area contributed by atoms with Gasteiger partial charge in [-0.05, 0) is 50.6 Å². The molecule has 0 radical (unpaired) electrons. The monoisotopic (exact) mass is 390 g/mol. The molecule has 0 aliphatic rings. The summed E-state index contributed by atoms with van der Waals surface area (Å²) in [7, 11) is -3.84. The van der Waals surface area contributed by atoms with Crippen LogP contribution in [0.2, 0.25) is 0 Å². The van der Waals surface area contributed by atoms with E-state index in [1.807, 2.05) is 6.92 Å².